The number of amides is 3. The third kappa shape index (κ3) is 2.16. The normalized spacial score (nSPS) is 21.3. The standard InChI is InChI=1S/C15H16N2O4/c1-8-5-9-7-17(11-3-4-13(18)16-14(11)19)15(20)10(9)6-12(8)21-2/h5-6,11H,3-4,7H2,1-2H3,(H,16,18,19). The molecule has 2 aliphatic heterocycles. The maximum absolute atomic E-state index is 12.5. The molecule has 6 nitrogen and oxygen atoms in total. The van der Waals surface area contributed by atoms with Crippen LogP contribution in [0.3, 0.4) is 0 Å². The van der Waals surface area contributed by atoms with Crippen molar-refractivity contribution in [3.05, 3.63) is 28.8 Å². The number of nitrogens with zero attached hydrogens (tertiary/aromatic N) is 1. The molecule has 0 aromatic heterocycles. The summed E-state index contributed by atoms with van der Waals surface area (Å²) in [6.45, 7) is 2.31. The second-order valence-corrected chi connectivity index (χ2v) is 5.38. The monoisotopic (exact) mass is 288 g/mol. The van der Waals surface area contributed by atoms with Gasteiger partial charge in [0.05, 0.1) is 7.11 Å². The number of hydrogen-bond donors (Lipinski definition) is 1. The zero-order valence-corrected chi connectivity index (χ0v) is 11.9. The van der Waals surface area contributed by atoms with Crippen molar-refractivity contribution >= 4 is 17.7 Å². The van der Waals surface area contributed by atoms with E-state index in [1.807, 2.05) is 13.0 Å². The first-order chi connectivity index (χ1) is 10.0. The Bertz CT molecular complexity index is 653. The zero-order valence-electron chi connectivity index (χ0n) is 11.9. The van der Waals surface area contributed by atoms with E-state index in [1.165, 1.54) is 4.90 Å². The van der Waals surface area contributed by atoms with Gasteiger partial charge in [-0.1, -0.05) is 0 Å². The SMILES string of the molecule is COc1cc2c(cc1C)CN(C1CCC(=O)NC1=O)C2=O. The summed E-state index contributed by atoms with van der Waals surface area (Å²) in [5, 5.41) is 2.29. The van der Waals surface area contributed by atoms with Crippen LogP contribution in [-0.4, -0.2) is 35.8 Å². The van der Waals surface area contributed by atoms with E-state index in [2.05, 4.69) is 5.32 Å². The van der Waals surface area contributed by atoms with Gasteiger partial charge in [0.15, 0.2) is 0 Å². The summed E-state index contributed by atoms with van der Waals surface area (Å²) in [5.41, 5.74) is 2.42. The summed E-state index contributed by atoms with van der Waals surface area (Å²) in [5.74, 6) is -0.195. The first-order valence-electron chi connectivity index (χ1n) is 6.83. The Labute approximate surface area is 122 Å². The summed E-state index contributed by atoms with van der Waals surface area (Å²) in [6, 6.07) is 3.06. The van der Waals surface area contributed by atoms with Crippen LogP contribution in [0.5, 0.6) is 5.75 Å². The van der Waals surface area contributed by atoms with Crippen LogP contribution in [0.15, 0.2) is 12.1 Å². The first-order valence-corrected chi connectivity index (χ1v) is 6.83. The molecule has 0 aliphatic carbocycles. The van der Waals surface area contributed by atoms with Crippen LogP contribution in [-0.2, 0) is 16.1 Å². The van der Waals surface area contributed by atoms with Crippen molar-refractivity contribution in [2.75, 3.05) is 7.11 Å². The maximum atomic E-state index is 12.5. The Morgan fingerprint density at radius 3 is 2.71 bits per heavy atom. The van der Waals surface area contributed by atoms with E-state index in [0.29, 0.717) is 24.3 Å². The van der Waals surface area contributed by atoms with E-state index in [9.17, 15) is 14.4 Å². The summed E-state index contributed by atoms with van der Waals surface area (Å²) in [4.78, 5) is 37.2. The van der Waals surface area contributed by atoms with Crippen molar-refractivity contribution < 1.29 is 19.1 Å². The molecule has 6 heteroatoms. The van der Waals surface area contributed by atoms with Gasteiger partial charge in [-0.2, -0.15) is 0 Å². The Hall–Kier alpha value is -2.37. The minimum Gasteiger partial charge on any atom is -0.496 e. The summed E-state index contributed by atoms with van der Waals surface area (Å²) >= 11 is 0. The molecule has 3 amide bonds. The highest BCUT2D eigenvalue weighted by Crippen LogP contribution is 2.32. The highest BCUT2D eigenvalue weighted by molar-refractivity contribution is 6.05. The molecule has 0 radical (unpaired) electrons. The van der Waals surface area contributed by atoms with Crippen molar-refractivity contribution in [3.63, 3.8) is 0 Å². The van der Waals surface area contributed by atoms with E-state index in [1.54, 1.807) is 13.2 Å². The fraction of sp³-hybridized carbons (Fsp3) is 0.400. The van der Waals surface area contributed by atoms with Gasteiger partial charge in [0.25, 0.3) is 5.91 Å². The van der Waals surface area contributed by atoms with Crippen LogP contribution in [0.1, 0.15) is 34.3 Å². The predicted molar refractivity (Wildman–Crippen MR) is 73.8 cm³/mol. The number of fused-ring (bicyclic) bond motifs is 1. The molecule has 21 heavy (non-hydrogen) atoms. The number of carbonyl (C=O) groups is 3. The molecule has 1 aromatic rings. The minimum absolute atomic E-state index is 0.183. The van der Waals surface area contributed by atoms with Gasteiger partial charge in [0.2, 0.25) is 11.8 Å². The number of aryl methyl sites for hydroxylation is 1. The van der Waals surface area contributed by atoms with Crippen LogP contribution in [0, 0.1) is 6.92 Å². The zero-order chi connectivity index (χ0) is 15.1. The van der Waals surface area contributed by atoms with Crippen LogP contribution in [0.4, 0.5) is 0 Å². The molecule has 0 spiro atoms. The molecule has 1 aromatic carbocycles. The third-order valence-corrected chi connectivity index (χ3v) is 4.04. The van der Waals surface area contributed by atoms with Gasteiger partial charge in [-0.05, 0) is 36.6 Å². The lowest BCUT2D eigenvalue weighted by molar-refractivity contribution is -0.136. The number of hydrogen-bond acceptors (Lipinski definition) is 4. The Morgan fingerprint density at radius 1 is 1.29 bits per heavy atom. The number of imide groups is 1. The van der Waals surface area contributed by atoms with Crippen LogP contribution < -0.4 is 10.1 Å². The first kappa shape index (κ1) is 13.6. The van der Waals surface area contributed by atoms with E-state index >= 15 is 0 Å². The highest BCUT2D eigenvalue weighted by atomic mass is 16.5. The lowest BCUT2D eigenvalue weighted by Crippen LogP contribution is -2.52. The predicted octanol–water partition coefficient (Wildman–Crippen LogP) is 0.765. The lowest BCUT2D eigenvalue weighted by Gasteiger charge is -2.29. The van der Waals surface area contributed by atoms with Crippen molar-refractivity contribution in [2.45, 2.75) is 32.4 Å². The number of methoxy groups -OCH3 is 1. The molecule has 1 fully saturated rings. The number of nitrogens with one attached hydrogen (secondary N) is 1. The quantitative estimate of drug-likeness (QED) is 0.815. The Morgan fingerprint density at radius 2 is 2.05 bits per heavy atom. The Balaban J connectivity index is 1.90. The molecule has 2 aliphatic rings. The topological polar surface area (TPSA) is 75.7 Å². The van der Waals surface area contributed by atoms with Gasteiger partial charge in [0.1, 0.15) is 11.8 Å². The summed E-state index contributed by atoms with van der Waals surface area (Å²) < 4.78 is 5.24. The molecule has 2 heterocycles. The van der Waals surface area contributed by atoms with E-state index in [0.717, 1.165) is 11.1 Å². The number of ether oxygens (including phenoxy) is 1. The molecule has 3 rings (SSSR count). The van der Waals surface area contributed by atoms with Crippen molar-refractivity contribution in [3.8, 4) is 5.75 Å². The Kier molecular flexibility index (Phi) is 3.16. The highest BCUT2D eigenvalue weighted by Gasteiger charge is 2.39. The van der Waals surface area contributed by atoms with Gasteiger partial charge in [-0.3, -0.25) is 19.7 Å². The third-order valence-electron chi connectivity index (χ3n) is 4.04. The van der Waals surface area contributed by atoms with E-state index in [4.69, 9.17) is 4.74 Å². The summed E-state index contributed by atoms with van der Waals surface area (Å²) in [7, 11) is 1.56. The molecule has 1 N–H and O–H groups in total. The lowest BCUT2D eigenvalue weighted by atomic mass is 10.0. The van der Waals surface area contributed by atoms with Gasteiger partial charge in [0, 0.05) is 18.5 Å². The largest absolute Gasteiger partial charge is 0.496 e. The molecule has 0 bridgehead atoms. The smallest absolute Gasteiger partial charge is 0.255 e. The average Bonchev–Trinajstić information content (AvgIpc) is 2.74. The molecule has 1 atom stereocenters. The van der Waals surface area contributed by atoms with Crippen molar-refractivity contribution in [1.29, 1.82) is 0 Å². The number of benzene rings is 1. The van der Waals surface area contributed by atoms with E-state index in [-0.39, 0.29) is 18.2 Å². The summed E-state index contributed by atoms with van der Waals surface area (Å²) in [6.07, 6.45) is 0.638. The minimum atomic E-state index is -0.575. The fourth-order valence-electron chi connectivity index (χ4n) is 2.94. The number of rotatable bonds is 2. The van der Waals surface area contributed by atoms with Gasteiger partial charge < -0.3 is 9.64 Å². The van der Waals surface area contributed by atoms with Crippen LogP contribution in [0.25, 0.3) is 0 Å². The molecular weight excluding hydrogens is 272 g/mol. The van der Waals surface area contributed by atoms with Crippen LogP contribution in [0.2, 0.25) is 0 Å². The average molecular weight is 288 g/mol. The van der Waals surface area contributed by atoms with Gasteiger partial charge in [-0.15, -0.1) is 0 Å². The van der Waals surface area contributed by atoms with Crippen molar-refractivity contribution in [1.82, 2.24) is 10.2 Å². The molecule has 1 saturated heterocycles. The second-order valence-electron chi connectivity index (χ2n) is 5.38. The van der Waals surface area contributed by atoms with E-state index < -0.39 is 11.9 Å². The van der Waals surface area contributed by atoms with Crippen LogP contribution >= 0.6 is 0 Å². The molecule has 1 unspecified atom stereocenters. The fourth-order valence-corrected chi connectivity index (χ4v) is 2.94. The van der Waals surface area contributed by atoms with Gasteiger partial charge in [-0.25, -0.2) is 0 Å². The maximum Gasteiger partial charge on any atom is 0.255 e. The molecular formula is C15H16N2O4. The number of carbonyl (C=O) groups excluding carboxylic acids is 3. The molecule has 0 saturated carbocycles. The van der Waals surface area contributed by atoms with Gasteiger partial charge >= 0.3 is 0 Å². The molecule has 110 valence electrons. The van der Waals surface area contributed by atoms with Crippen molar-refractivity contribution in [2.24, 2.45) is 0 Å². The number of piperidine rings is 1. The second kappa shape index (κ2) is 4.87.